The van der Waals surface area contributed by atoms with Crippen molar-refractivity contribution in [3.8, 4) is 5.75 Å². The van der Waals surface area contributed by atoms with E-state index in [1.807, 2.05) is 31.2 Å². The molecule has 2 aromatic rings. The summed E-state index contributed by atoms with van der Waals surface area (Å²) in [5.41, 5.74) is 1.22. The minimum Gasteiger partial charge on any atom is -0.491 e. The lowest BCUT2D eigenvalue weighted by Gasteiger charge is -2.33. The third-order valence-corrected chi connectivity index (χ3v) is 5.80. The minimum atomic E-state index is -0.463. The van der Waals surface area contributed by atoms with E-state index in [9.17, 15) is 5.11 Å². The molecule has 2 bridgehead atoms. The van der Waals surface area contributed by atoms with Gasteiger partial charge in [-0.1, -0.05) is 12.1 Å². The Morgan fingerprint density at radius 2 is 1.77 bits per heavy atom. The Bertz CT molecular complexity index is 775. The van der Waals surface area contributed by atoms with Gasteiger partial charge in [0.05, 0.1) is 6.54 Å². The first-order valence-corrected chi connectivity index (χ1v) is 10.7. The van der Waals surface area contributed by atoms with Crippen LogP contribution in [0.3, 0.4) is 0 Å². The van der Waals surface area contributed by atoms with Gasteiger partial charge in [-0.05, 0) is 56.6 Å². The number of halogens is 2. The zero-order valence-corrected chi connectivity index (χ0v) is 20.0. The van der Waals surface area contributed by atoms with Gasteiger partial charge in [0.2, 0.25) is 0 Å². The number of hydrogen-bond acceptors (Lipinski definition) is 6. The van der Waals surface area contributed by atoms with Gasteiger partial charge in [0.1, 0.15) is 30.0 Å². The van der Waals surface area contributed by atoms with Crippen molar-refractivity contribution in [2.45, 2.75) is 51.0 Å². The van der Waals surface area contributed by atoms with Crippen molar-refractivity contribution in [1.82, 2.24) is 15.1 Å². The summed E-state index contributed by atoms with van der Waals surface area (Å²) in [7, 11) is 2.08. The van der Waals surface area contributed by atoms with Gasteiger partial charge in [-0.3, -0.25) is 9.80 Å². The zero-order valence-electron chi connectivity index (χ0n) is 18.3. The Morgan fingerprint density at radius 3 is 2.39 bits per heavy atom. The number of β-amino-alcohol motifs (C(OH)–C–C–N with tert-alkyl or cyclic N) is 1. The van der Waals surface area contributed by atoms with Crippen molar-refractivity contribution in [2.75, 3.05) is 33.3 Å². The van der Waals surface area contributed by atoms with Crippen molar-refractivity contribution in [1.29, 1.82) is 0 Å². The normalized spacial score (nSPS) is 21.4. The standard InChI is InChI=1S/C23H33N3O3.2ClH/c1-17-3-8-23(29-17)15-25(2)11-18-4-9-22(10-5-18)28-16-21(27)14-26-12-19-6-7-20(13-26)24-19;;/h3-5,8-10,19-21,24,27H,6-7,11-16H2,1-2H3;2*1H/t19-,20+,21?;;. The lowest BCUT2D eigenvalue weighted by molar-refractivity contribution is 0.0567. The molecule has 1 aromatic heterocycles. The van der Waals surface area contributed by atoms with Crippen molar-refractivity contribution < 1.29 is 14.3 Å². The number of likely N-dealkylation sites (tertiary alicyclic amines) is 1. The van der Waals surface area contributed by atoms with Gasteiger partial charge in [-0.15, -0.1) is 24.8 Å². The summed E-state index contributed by atoms with van der Waals surface area (Å²) in [6.07, 6.45) is 2.06. The van der Waals surface area contributed by atoms with E-state index in [0.717, 1.165) is 43.4 Å². The molecule has 6 nitrogen and oxygen atoms in total. The molecular formula is C23H35Cl2N3O3. The Hall–Kier alpha value is -1.28. The van der Waals surface area contributed by atoms with Crippen LogP contribution in [0.5, 0.6) is 5.75 Å². The Morgan fingerprint density at radius 1 is 1.10 bits per heavy atom. The zero-order chi connectivity index (χ0) is 20.2. The van der Waals surface area contributed by atoms with E-state index in [1.54, 1.807) is 0 Å². The lowest BCUT2D eigenvalue weighted by atomic mass is 10.2. The highest BCUT2D eigenvalue weighted by Crippen LogP contribution is 2.20. The van der Waals surface area contributed by atoms with Crippen LogP contribution in [0.1, 0.15) is 29.9 Å². The first-order chi connectivity index (χ1) is 14.0. The lowest BCUT2D eigenvalue weighted by Crippen LogP contribution is -2.53. The molecule has 2 saturated heterocycles. The summed E-state index contributed by atoms with van der Waals surface area (Å²) < 4.78 is 11.5. The number of piperazine rings is 1. The van der Waals surface area contributed by atoms with E-state index in [2.05, 4.69) is 34.3 Å². The van der Waals surface area contributed by atoms with Gasteiger partial charge in [-0.2, -0.15) is 0 Å². The van der Waals surface area contributed by atoms with Crippen LogP contribution >= 0.6 is 24.8 Å². The monoisotopic (exact) mass is 471 g/mol. The molecule has 174 valence electrons. The summed E-state index contributed by atoms with van der Waals surface area (Å²) in [6.45, 7) is 6.67. The molecule has 8 heteroatoms. The summed E-state index contributed by atoms with van der Waals surface area (Å²) in [4.78, 5) is 4.59. The number of hydrogen-bond donors (Lipinski definition) is 2. The van der Waals surface area contributed by atoms with E-state index in [4.69, 9.17) is 9.15 Å². The molecule has 1 aromatic carbocycles. The predicted molar refractivity (Wildman–Crippen MR) is 127 cm³/mol. The second-order valence-corrected chi connectivity index (χ2v) is 8.65. The summed E-state index contributed by atoms with van der Waals surface area (Å²) in [5.74, 6) is 2.73. The Balaban J connectivity index is 0.00000171. The second-order valence-electron chi connectivity index (χ2n) is 8.65. The molecule has 31 heavy (non-hydrogen) atoms. The van der Waals surface area contributed by atoms with Crippen LogP contribution in [0.2, 0.25) is 0 Å². The highest BCUT2D eigenvalue weighted by molar-refractivity contribution is 5.85. The molecule has 2 fully saturated rings. The summed E-state index contributed by atoms with van der Waals surface area (Å²) in [5, 5.41) is 14.0. The number of fused-ring (bicyclic) bond motifs is 2. The topological polar surface area (TPSA) is 61.1 Å². The van der Waals surface area contributed by atoms with Gasteiger partial charge >= 0.3 is 0 Å². The fraction of sp³-hybridized carbons (Fsp3) is 0.565. The van der Waals surface area contributed by atoms with Gasteiger partial charge in [0, 0.05) is 38.3 Å². The molecule has 1 unspecified atom stereocenters. The Labute approximate surface area is 197 Å². The fourth-order valence-electron chi connectivity index (χ4n) is 4.48. The number of aryl methyl sites for hydroxylation is 1. The fourth-order valence-corrected chi connectivity index (χ4v) is 4.48. The average Bonchev–Trinajstić information content (AvgIpc) is 3.25. The van der Waals surface area contributed by atoms with Crippen LogP contribution in [0, 0.1) is 6.92 Å². The van der Waals surface area contributed by atoms with Gasteiger partial charge in [0.15, 0.2) is 0 Å². The van der Waals surface area contributed by atoms with Crippen LogP contribution in [0.15, 0.2) is 40.8 Å². The van der Waals surface area contributed by atoms with Crippen LogP contribution in [-0.2, 0) is 13.1 Å². The molecule has 4 rings (SSSR count). The summed E-state index contributed by atoms with van der Waals surface area (Å²) in [6, 6.07) is 13.4. The molecule has 0 amide bonds. The van der Waals surface area contributed by atoms with Crippen LogP contribution in [0.25, 0.3) is 0 Å². The van der Waals surface area contributed by atoms with Gasteiger partial charge in [-0.25, -0.2) is 0 Å². The number of rotatable bonds is 9. The quantitative estimate of drug-likeness (QED) is 0.585. The minimum absolute atomic E-state index is 0. The number of aliphatic hydroxyl groups excluding tert-OH is 1. The SMILES string of the molecule is Cc1ccc(CN(C)Cc2ccc(OCC(O)CN3C[C@H]4CC[C@@H](C3)N4)cc2)o1.Cl.Cl. The number of nitrogens with one attached hydrogen (secondary N) is 1. The third kappa shape index (κ3) is 7.67. The van der Waals surface area contributed by atoms with Crippen molar-refractivity contribution in [3.63, 3.8) is 0 Å². The maximum atomic E-state index is 10.4. The summed E-state index contributed by atoms with van der Waals surface area (Å²) >= 11 is 0. The largest absolute Gasteiger partial charge is 0.491 e. The third-order valence-electron chi connectivity index (χ3n) is 5.80. The number of nitrogens with zero attached hydrogens (tertiary/aromatic N) is 2. The van der Waals surface area contributed by atoms with Crippen LogP contribution < -0.4 is 10.1 Å². The van der Waals surface area contributed by atoms with Crippen molar-refractivity contribution in [3.05, 3.63) is 53.5 Å². The highest BCUT2D eigenvalue weighted by Gasteiger charge is 2.32. The molecule has 0 aliphatic carbocycles. The van der Waals surface area contributed by atoms with Crippen LogP contribution in [0.4, 0.5) is 0 Å². The number of aliphatic hydroxyl groups is 1. The molecule has 2 aliphatic rings. The smallest absolute Gasteiger partial charge is 0.119 e. The number of benzene rings is 1. The first-order valence-electron chi connectivity index (χ1n) is 10.7. The molecular weight excluding hydrogens is 437 g/mol. The van der Waals surface area contributed by atoms with E-state index < -0.39 is 6.10 Å². The molecule has 0 radical (unpaired) electrons. The van der Waals surface area contributed by atoms with Gasteiger partial charge < -0.3 is 19.6 Å². The molecule has 3 atom stereocenters. The van der Waals surface area contributed by atoms with E-state index in [1.165, 1.54) is 18.4 Å². The molecule has 2 N–H and O–H groups in total. The van der Waals surface area contributed by atoms with Gasteiger partial charge in [0.25, 0.3) is 0 Å². The van der Waals surface area contributed by atoms with Crippen molar-refractivity contribution >= 4 is 24.8 Å². The van der Waals surface area contributed by atoms with Crippen LogP contribution in [-0.4, -0.2) is 66.4 Å². The first kappa shape index (κ1) is 26.0. The predicted octanol–water partition coefficient (Wildman–Crippen LogP) is 3.24. The van der Waals surface area contributed by atoms with Crippen molar-refractivity contribution in [2.24, 2.45) is 0 Å². The van der Waals surface area contributed by atoms with E-state index >= 15 is 0 Å². The maximum Gasteiger partial charge on any atom is 0.119 e. The molecule has 0 spiro atoms. The highest BCUT2D eigenvalue weighted by atomic mass is 35.5. The molecule has 0 saturated carbocycles. The maximum absolute atomic E-state index is 10.4. The number of furan rings is 1. The number of ether oxygens (including phenoxy) is 1. The average molecular weight is 472 g/mol. The van der Waals surface area contributed by atoms with E-state index in [-0.39, 0.29) is 24.8 Å². The Kier molecular flexibility index (Phi) is 10.1. The molecule has 3 heterocycles. The van der Waals surface area contributed by atoms with E-state index in [0.29, 0.717) is 25.2 Å². The molecule has 2 aliphatic heterocycles. The second kappa shape index (κ2) is 12.1.